The molecule has 1 aromatic heterocycles. The van der Waals surface area contributed by atoms with E-state index in [2.05, 4.69) is 20.1 Å². The van der Waals surface area contributed by atoms with E-state index in [1.807, 2.05) is 12.1 Å². The fourth-order valence-corrected chi connectivity index (χ4v) is 5.12. The number of piperazine rings is 1. The van der Waals surface area contributed by atoms with Crippen LogP contribution in [0.1, 0.15) is 32.1 Å². The normalized spacial score (nSPS) is 21.4. The van der Waals surface area contributed by atoms with Crippen molar-refractivity contribution in [2.45, 2.75) is 38.1 Å². The molecule has 1 N–H and O–H groups in total. The van der Waals surface area contributed by atoms with Crippen molar-refractivity contribution in [3.63, 3.8) is 0 Å². The van der Waals surface area contributed by atoms with E-state index >= 15 is 0 Å². The predicted molar refractivity (Wildman–Crippen MR) is 136 cm³/mol. The molecule has 0 bridgehead atoms. The molecule has 6 nitrogen and oxygen atoms in total. The molecular weight excluding hydrogens is 453 g/mol. The van der Waals surface area contributed by atoms with Crippen LogP contribution in [-0.2, 0) is 0 Å². The first-order valence-electron chi connectivity index (χ1n) is 12.3. The number of benzene rings is 1. The van der Waals surface area contributed by atoms with E-state index in [4.69, 9.17) is 11.6 Å². The molecular formula is C26H35ClFN5O. The second kappa shape index (κ2) is 11.4. The largest absolute Gasteiger partial charge is 0.354 e. The number of carbonyl (C=O) groups excluding carboxylic acids is 1. The van der Waals surface area contributed by atoms with E-state index in [-0.39, 0.29) is 11.8 Å². The monoisotopic (exact) mass is 487 g/mol. The Hall–Kier alpha value is -2.38. The van der Waals surface area contributed by atoms with Gasteiger partial charge in [-0.25, -0.2) is 14.2 Å². The van der Waals surface area contributed by atoms with Crippen molar-refractivity contribution >= 4 is 23.4 Å². The van der Waals surface area contributed by atoms with Crippen LogP contribution >= 0.6 is 11.6 Å². The van der Waals surface area contributed by atoms with Gasteiger partial charge >= 0.3 is 6.03 Å². The molecule has 0 atom stereocenters. The maximum atomic E-state index is 13.3. The first kappa shape index (κ1) is 24.7. The van der Waals surface area contributed by atoms with Gasteiger partial charge in [0.2, 0.25) is 0 Å². The van der Waals surface area contributed by atoms with Gasteiger partial charge < -0.3 is 15.1 Å². The molecule has 34 heavy (non-hydrogen) atoms. The maximum absolute atomic E-state index is 13.3. The van der Waals surface area contributed by atoms with Crippen LogP contribution in [-0.4, -0.2) is 73.7 Å². The van der Waals surface area contributed by atoms with Crippen molar-refractivity contribution in [2.75, 3.05) is 51.7 Å². The highest BCUT2D eigenvalue weighted by atomic mass is 35.5. The quantitative estimate of drug-likeness (QED) is 0.590. The minimum atomic E-state index is -0.246. The van der Waals surface area contributed by atoms with E-state index in [9.17, 15) is 9.18 Å². The van der Waals surface area contributed by atoms with Crippen LogP contribution in [0.4, 0.5) is 15.0 Å². The lowest BCUT2D eigenvalue weighted by molar-refractivity contribution is 0.194. The van der Waals surface area contributed by atoms with Gasteiger partial charge in [-0.1, -0.05) is 23.7 Å². The predicted octanol–water partition coefficient (Wildman–Crippen LogP) is 4.88. The Labute approximate surface area is 207 Å². The second-order valence-corrected chi connectivity index (χ2v) is 10.1. The Bertz CT molecular complexity index is 954. The standard InChI is InChI=1S/C26H35ClFN5O/c1-31(2)26(34)29-23-9-3-19(4-10-23)11-12-32-13-15-33(16-14-32)25-18-21(17-24(27)30-25)20-5-7-22(28)8-6-20/h5-8,17-19,23H,3-4,9-16H2,1-2H3,(H,29,34)/t19-,23-. The summed E-state index contributed by atoms with van der Waals surface area (Å²) in [7, 11) is 3.57. The molecule has 8 heteroatoms. The number of halogens is 2. The van der Waals surface area contributed by atoms with Crippen molar-refractivity contribution in [2.24, 2.45) is 5.92 Å². The third-order valence-corrected chi connectivity index (χ3v) is 7.28. The van der Waals surface area contributed by atoms with Gasteiger partial charge in [-0.05, 0) is 80.0 Å². The lowest BCUT2D eigenvalue weighted by Crippen LogP contribution is -2.47. The molecule has 0 radical (unpaired) electrons. The minimum Gasteiger partial charge on any atom is -0.354 e. The molecule has 1 saturated carbocycles. The van der Waals surface area contributed by atoms with Gasteiger partial charge in [0.05, 0.1) is 0 Å². The molecule has 2 heterocycles. The van der Waals surface area contributed by atoms with Crippen LogP contribution in [0.3, 0.4) is 0 Å². The zero-order valence-electron chi connectivity index (χ0n) is 20.1. The van der Waals surface area contributed by atoms with Crippen molar-refractivity contribution < 1.29 is 9.18 Å². The minimum absolute atomic E-state index is 0.0142. The highest BCUT2D eigenvalue weighted by molar-refractivity contribution is 6.29. The van der Waals surface area contributed by atoms with Crippen molar-refractivity contribution in [3.8, 4) is 11.1 Å². The van der Waals surface area contributed by atoms with Crippen LogP contribution in [0.15, 0.2) is 36.4 Å². The highest BCUT2D eigenvalue weighted by Gasteiger charge is 2.24. The molecule has 1 saturated heterocycles. The summed E-state index contributed by atoms with van der Waals surface area (Å²) < 4.78 is 13.3. The summed E-state index contributed by atoms with van der Waals surface area (Å²) in [5.41, 5.74) is 1.89. The van der Waals surface area contributed by atoms with Gasteiger partial charge in [-0.15, -0.1) is 0 Å². The number of hydrogen-bond donors (Lipinski definition) is 1. The number of nitrogens with zero attached hydrogens (tertiary/aromatic N) is 4. The number of urea groups is 1. The number of amides is 2. The number of carbonyl (C=O) groups is 1. The van der Waals surface area contributed by atoms with Crippen LogP contribution in [0.25, 0.3) is 11.1 Å². The number of aromatic nitrogens is 1. The number of pyridine rings is 1. The summed E-state index contributed by atoms with van der Waals surface area (Å²) in [4.78, 5) is 22.8. The van der Waals surface area contributed by atoms with Gasteiger partial charge in [0.1, 0.15) is 16.8 Å². The average molecular weight is 488 g/mol. The number of anilines is 1. The summed E-state index contributed by atoms with van der Waals surface area (Å²) in [6.07, 6.45) is 5.76. The molecule has 2 amide bonds. The first-order chi connectivity index (χ1) is 16.4. The Morgan fingerprint density at radius 2 is 1.74 bits per heavy atom. The number of hydrogen-bond acceptors (Lipinski definition) is 4. The Morgan fingerprint density at radius 3 is 2.38 bits per heavy atom. The van der Waals surface area contributed by atoms with E-state index < -0.39 is 0 Å². The van der Waals surface area contributed by atoms with Crippen molar-refractivity contribution in [1.29, 1.82) is 0 Å². The zero-order chi connectivity index (χ0) is 24.1. The Kier molecular flexibility index (Phi) is 8.27. The van der Waals surface area contributed by atoms with Gasteiger partial charge in [-0.3, -0.25) is 4.90 Å². The molecule has 0 unspecified atom stereocenters. The average Bonchev–Trinajstić information content (AvgIpc) is 2.84. The van der Waals surface area contributed by atoms with E-state index in [0.29, 0.717) is 11.2 Å². The second-order valence-electron chi connectivity index (χ2n) is 9.72. The number of nitrogens with one attached hydrogen (secondary N) is 1. The summed E-state index contributed by atoms with van der Waals surface area (Å²) in [5.74, 6) is 1.38. The van der Waals surface area contributed by atoms with Gasteiger partial charge in [0.15, 0.2) is 0 Å². The van der Waals surface area contributed by atoms with E-state index in [0.717, 1.165) is 68.4 Å². The van der Waals surface area contributed by atoms with Crippen molar-refractivity contribution in [3.05, 3.63) is 47.4 Å². The highest BCUT2D eigenvalue weighted by Crippen LogP contribution is 2.29. The van der Waals surface area contributed by atoms with Crippen molar-refractivity contribution in [1.82, 2.24) is 20.1 Å². The summed E-state index contributed by atoms with van der Waals surface area (Å²) in [5, 5.41) is 3.58. The molecule has 1 aromatic carbocycles. The van der Waals surface area contributed by atoms with E-state index in [1.54, 1.807) is 31.1 Å². The van der Waals surface area contributed by atoms with Gasteiger partial charge in [-0.2, -0.15) is 0 Å². The molecule has 2 aliphatic rings. The Balaban J connectivity index is 1.23. The SMILES string of the molecule is CN(C)C(=O)N[C@H]1CC[C@H](CCN2CCN(c3cc(-c4ccc(F)cc4)cc(Cl)n3)CC2)CC1. The van der Waals surface area contributed by atoms with Gasteiger partial charge in [0.25, 0.3) is 0 Å². The third kappa shape index (κ3) is 6.60. The summed E-state index contributed by atoms with van der Waals surface area (Å²) in [6.45, 7) is 4.97. The lowest BCUT2D eigenvalue weighted by atomic mass is 9.84. The molecule has 0 spiro atoms. The zero-order valence-corrected chi connectivity index (χ0v) is 20.9. The van der Waals surface area contributed by atoms with Gasteiger partial charge in [0, 0.05) is 46.3 Å². The van der Waals surface area contributed by atoms with Crippen LogP contribution in [0.2, 0.25) is 5.15 Å². The molecule has 2 aromatic rings. The van der Waals surface area contributed by atoms with Crippen LogP contribution in [0.5, 0.6) is 0 Å². The summed E-state index contributed by atoms with van der Waals surface area (Å²) in [6, 6.07) is 10.7. The third-order valence-electron chi connectivity index (χ3n) is 7.09. The molecule has 4 rings (SSSR count). The molecule has 2 fully saturated rings. The molecule has 1 aliphatic carbocycles. The maximum Gasteiger partial charge on any atom is 0.317 e. The fraction of sp³-hybridized carbons (Fsp3) is 0.538. The fourth-order valence-electron chi connectivity index (χ4n) is 4.92. The lowest BCUT2D eigenvalue weighted by Gasteiger charge is -2.37. The van der Waals surface area contributed by atoms with Crippen LogP contribution < -0.4 is 10.2 Å². The summed E-state index contributed by atoms with van der Waals surface area (Å²) >= 11 is 6.32. The molecule has 184 valence electrons. The topological polar surface area (TPSA) is 51.7 Å². The van der Waals surface area contributed by atoms with E-state index in [1.165, 1.54) is 31.4 Å². The van der Waals surface area contributed by atoms with Crippen LogP contribution in [0, 0.1) is 11.7 Å². The Morgan fingerprint density at radius 1 is 1.06 bits per heavy atom. The first-order valence-corrected chi connectivity index (χ1v) is 12.6. The molecule has 1 aliphatic heterocycles. The number of rotatable bonds is 6. The smallest absolute Gasteiger partial charge is 0.317 e.